The van der Waals surface area contributed by atoms with Crippen LogP contribution in [0.2, 0.25) is 0 Å². The largest absolute Gasteiger partial charge is 0.491 e. The molecule has 3 N–H and O–H groups in total. The predicted octanol–water partition coefficient (Wildman–Crippen LogP) is 6.97. The summed E-state index contributed by atoms with van der Waals surface area (Å²) < 4.78 is 49.4. The van der Waals surface area contributed by atoms with Gasteiger partial charge in [0.25, 0.3) is 0 Å². The molecule has 0 spiro atoms. The summed E-state index contributed by atoms with van der Waals surface area (Å²) >= 11 is 0. The zero-order chi connectivity index (χ0) is 42.4. The molecule has 0 saturated carbocycles. The number of carbonyl (C=O) groups excluding carboxylic acids is 1. The number of hydrogen-bond acceptors (Lipinski definition) is 10. The Morgan fingerprint density at radius 1 is 0.695 bits per heavy atom. The highest BCUT2D eigenvalue weighted by atomic mass is 19.1. The fourth-order valence-electron chi connectivity index (χ4n) is 6.76. The van der Waals surface area contributed by atoms with Crippen molar-refractivity contribution in [1.29, 1.82) is 0 Å². The van der Waals surface area contributed by atoms with Gasteiger partial charge >= 0.3 is 5.97 Å². The van der Waals surface area contributed by atoms with Gasteiger partial charge in [-0.3, -0.25) is 9.59 Å². The topological polar surface area (TPSA) is 155 Å². The number of aliphatic hydroxyl groups excluding tert-OH is 2. The van der Waals surface area contributed by atoms with Crippen LogP contribution in [0.1, 0.15) is 67.6 Å². The van der Waals surface area contributed by atoms with Gasteiger partial charge in [-0.15, -0.1) is 0 Å². The van der Waals surface area contributed by atoms with Crippen LogP contribution in [0.3, 0.4) is 0 Å². The maximum absolute atomic E-state index is 14.6. The van der Waals surface area contributed by atoms with Crippen molar-refractivity contribution >= 4 is 11.8 Å². The van der Waals surface area contributed by atoms with Gasteiger partial charge in [-0.25, -0.2) is 4.39 Å². The second-order valence-electron chi connectivity index (χ2n) is 14.3. The molecular weight excluding hydrogens is 762 g/mol. The molecule has 13 heteroatoms. The van der Waals surface area contributed by atoms with E-state index in [0.29, 0.717) is 101 Å². The molecule has 2 atom stereocenters. The van der Waals surface area contributed by atoms with Crippen LogP contribution >= 0.6 is 0 Å². The number of rotatable bonds is 30. The molecule has 0 aliphatic carbocycles. The second-order valence-corrected chi connectivity index (χ2v) is 14.3. The summed E-state index contributed by atoms with van der Waals surface area (Å²) in [7, 11) is 0. The number of Topliss-reactive ketones (excluding diaryl/α,β-unsaturated/α-hetero) is 1. The van der Waals surface area contributed by atoms with E-state index in [9.17, 15) is 24.2 Å². The highest BCUT2D eigenvalue weighted by Crippen LogP contribution is 2.43. The van der Waals surface area contributed by atoms with Crippen LogP contribution in [0.25, 0.3) is 22.4 Å². The number of ether oxygens (including phenoxy) is 6. The van der Waals surface area contributed by atoms with Crippen LogP contribution in [0, 0.1) is 5.82 Å². The van der Waals surface area contributed by atoms with Gasteiger partial charge < -0.3 is 48.3 Å². The Kier molecular flexibility index (Phi) is 20.7. The average Bonchev–Trinajstić information content (AvgIpc) is 3.56. The summed E-state index contributed by atoms with van der Waals surface area (Å²) in [4.78, 5) is 25.7. The van der Waals surface area contributed by atoms with Gasteiger partial charge in [-0.1, -0.05) is 56.3 Å². The molecule has 0 aliphatic rings. The number of carboxylic acid groups (broad SMARTS) is 1. The summed E-state index contributed by atoms with van der Waals surface area (Å²) in [5, 5.41) is 30.2. The third-order valence-electron chi connectivity index (χ3n) is 9.43. The molecule has 0 bridgehead atoms. The molecule has 0 aliphatic heterocycles. The van der Waals surface area contributed by atoms with E-state index in [1.807, 2.05) is 79.9 Å². The number of aliphatic carboxylic acids is 1. The Hall–Kier alpha value is -4.47. The standard InChI is InChI=1S/C46H60FNO11/c1-4-54-20-21-55-22-23-56-24-25-57-26-27-58-28-29-59-40-16-10-34(11-17-40)30-41(51)44-43(35-8-6-5-7-9-35)46(36-12-14-37(47)15-13-36)48(45(44)33(2)3)19-18-38(49)31-39(50)32-42(52)53/h5-17,33,38-39,49-50H,4,18-32H2,1-3H3,(H,52,53)/t38-,39-/m1/s1. The molecule has 4 aromatic rings. The van der Waals surface area contributed by atoms with Crippen LogP contribution in [0.4, 0.5) is 4.39 Å². The lowest BCUT2D eigenvalue weighted by atomic mass is 9.90. The molecule has 0 fully saturated rings. The van der Waals surface area contributed by atoms with Gasteiger partial charge in [-0.2, -0.15) is 0 Å². The van der Waals surface area contributed by atoms with Gasteiger partial charge in [0.1, 0.15) is 18.2 Å². The van der Waals surface area contributed by atoms with E-state index < -0.39 is 30.4 Å². The van der Waals surface area contributed by atoms with Crippen LogP contribution < -0.4 is 4.74 Å². The van der Waals surface area contributed by atoms with Crippen molar-refractivity contribution in [3.8, 4) is 28.1 Å². The first kappa shape index (κ1) is 47.2. The van der Waals surface area contributed by atoms with Crippen LogP contribution in [-0.4, -0.2) is 117 Å². The first-order chi connectivity index (χ1) is 28.6. The zero-order valence-electron chi connectivity index (χ0n) is 34.5. The lowest BCUT2D eigenvalue weighted by Gasteiger charge is -2.20. The summed E-state index contributed by atoms with van der Waals surface area (Å²) in [6, 6.07) is 23.1. The highest BCUT2D eigenvalue weighted by Gasteiger charge is 2.30. The van der Waals surface area contributed by atoms with E-state index in [0.717, 1.165) is 16.8 Å². The zero-order valence-corrected chi connectivity index (χ0v) is 34.5. The monoisotopic (exact) mass is 821 g/mol. The first-order valence-corrected chi connectivity index (χ1v) is 20.4. The van der Waals surface area contributed by atoms with Crippen molar-refractivity contribution in [2.45, 2.75) is 71.1 Å². The number of carboxylic acids is 1. The molecule has 1 heterocycles. The van der Waals surface area contributed by atoms with Gasteiger partial charge in [-0.05, 0) is 78.8 Å². The van der Waals surface area contributed by atoms with E-state index in [-0.39, 0.29) is 37.5 Å². The third-order valence-corrected chi connectivity index (χ3v) is 9.43. The Bertz CT molecular complexity index is 1810. The molecule has 0 amide bonds. The maximum atomic E-state index is 14.6. The number of aliphatic hydroxyl groups is 2. The highest BCUT2D eigenvalue weighted by molar-refractivity contribution is 6.08. The van der Waals surface area contributed by atoms with E-state index >= 15 is 0 Å². The summed E-state index contributed by atoms with van der Waals surface area (Å²) in [6.45, 7) is 11.6. The van der Waals surface area contributed by atoms with Crippen LogP contribution in [0.5, 0.6) is 5.75 Å². The van der Waals surface area contributed by atoms with Crippen LogP contribution in [0.15, 0.2) is 78.9 Å². The lowest BCUT2D eigenvalue weighted by Crippen LogP contribution is -2.22. The fourth-order valence-corrected chi connectivity index (χ4v) is 6.76. The molecule has 59 heavy (non-hydrogen) atoms. The van der Waals surface area contributed by atoms with Crippen molar-refractivity contribution in [2.24, 2.45) is 0 Å². The van der Waals surface area contributed by atoms with Gasteiger partial charge in [0, 0.05) is 36.4 Å². The number of ketones is 1. The molecule has 322 valence electrons. The minimum Gasteiger partial charge on any atom is -0.491 e. The second kappa shape index (κ2) is 25.9. The van der Waals surface area contributed by atoms with Gasteiger partial charge in [0.05, 0.1) is 83.8 Å². The van der Waals surface area contributed by atoms with Crippen LogP contribution in [-0.2, 0) is 41.4 Å². The van der Waals surface area contributed by atoms with E-state index in [2.05, 4.69) is 0 Å². The van der Waals surface area contributed by atoms with Gasteiger partial charge in [0.15, 0.2) is 5.78 Å². The van der Waals surface area contributed by atoms with E-state index in [4.69, 9.17) is 33.5 Å². The first-order valence-electron chi connectivity index (χ1n) is 20.4. The van der Waals surface area contributed by atoms with Crippen molar-refractivity contribution in [3.63, 3.8) is 0 Å². The van der Waals surface area contributed by atoms with Gasteiger partial charge in [0.2, 0.25) is 0 Å². The average molecular weight is 822 g/mol. The Labute approximate surface area is 346 Å². The molecule has 1 aromatic heterocycles. The molecule has 4 rings (SSSR count). The third kappa shape index (κ3) is 15.9. The van der Waals surface area contributed by atoms with Crippen molar-refractivity contribution in [1.82, 2.24) is 4.57 Å². The van der Waals surface area contributed by atoms with E-state index in [1.54, 1.807) is 12.1 Å². The SMILES string of the molecule is CCOCCOCCOCCOCCOCCOc1ccc(CC(=O)c2c(-c3ccccc3)c(-c3ccc(F)cc3)n(CC[C@@H](O)C[C@@H](O)CC(=O)O)c2C(C)C)cc1. The fraction of sp³-hybridized carbons (Fsp3) is 0.478. The maximum Gasteiger partial charge on any atom is 0.305 e. The molecule has 3 aromatic carbocycles. The number of carbonyl (C=O) groups is 2. The normalized spacial score (nSPS) is 12.5. The number of benzene rings is 3. The minimum absolute atomic E-state index is 0.104. The Morgan fingerprint density at radius 3 is 1.80 bits per heavy atom. The molecule has 0 radical (unpaired) electrons. The summed E-state index contributed by atoms with van der Waals surface area (Å²) in [5.74, 6) is -1.15. The van der Waals surface area contributed by atoms with Crippen molar-refractivity contribution in [3.05, 3.63) is 102 Å². The molecule has 0 unspecified atom stereocenters. The smallest absolute Gasteiger partial charge is 0.305 e. The van der Waals surface area contributed by atoms with Crippen molar-refractivity contribution < 1.29 is 57.7 Å². The minimum atomic E-state index is -1.20. The Balaban J connectivity index is 1.40. The molecule has 12 nitrogen and oxygen atoms in total. The summed E-state index contributed by atoms with van der Waals surface area (Å²) in [5.41, 5.74) is 5.02. The number of halogens is 1. The predicted molar refractivity (Wildman–Crippen MR) is 223 cm³/mol. The number of hydrogen-bond donors (Lipinski definition) is 3. The lowest BCUT2D eigenvalue weighted by molar-refractivity contribution is -0.139. The number of nitrogens with zero attached hydrogens (tertiary/aromatic N) is 1. The number of aromatic nitrogens is 1. The Morgan fingerprint density at radius 2 is 1.25 bits per heavy atom. The van der Waals surface area contributed by atoms with E-state index in [1.165, 1.54) is 12.1 Å². The summed E-state index contributed by atoms with van der Waals surface area (Å²) in [6.07, 6.45) is -2.50. The van der Waals surface area contributed by atoms with Crippen molar-refractivity contribution in [2.75, 3.05) is 72.7 Å². The molecule has 0 saturated heterocycles. The molecular formula is C46H60FNO11. The quantitative estimate of drug-likeness (QED) is 0.0369.